The minimum absolute atomic E-state index is 0.0278. The molecule has 1 unspecified atom stereocenters. The largest absolute Gasteiger partial charge is 0.369 e. The van der Waals surface area contributed by atoms with E-state index < -0.39 is 15.5 Å². The van der Waals surface area contributed by atoms with Crippen LogP contribution in [0, 0.1) is 11.3 Å². The zero-order valence-corrected chi connectivity index (χ0v) is 6.75. The van der Waals surface area contributed by atoms with Gasteiger partial charge in [0.1, 0.15) is 0 Å². The first-order valence-corrected chi connectivity index (χ1v) is 4.55. The second kappa shape index (κ2) is 2.97. The lowest BCUT2D eigenvalue weighted by molar-refractivity contribution is 0.468. The summed E-state index contributed by atoms with van der Waals surface area (Å²) in [5.74, 6) is 0. The van der Waals surface area contributed by atoms with Gasteiger partial charge in [-0.15, -0.1) is 0 Å². The lowest BCUT2D eigenvalue weighted by Gasteiger charge is -2.14. The average molecular weight is 186 g/mol. The maximum absolute atomic E-state index is 10.6. The zero-order valence-electron chi connectivity index (χ0n) is 5.93. The van der Waals surface area contributed by atoms with Crippen molar-refractivity contribution < 1.29 is 13.0 Å². The van der Waals surface area contributed by atoms with E-state index >= 15 is 0 Å². The molecule has 0 fully saturated rings. The van der Waals surface area contributed by atoms with Crippen molar-refractivity contribution in [2.75, 3.05) is 0 Å². The van der Waals surface area contributed by atoms with Crippen molar-refractivity contribution >= 4 is 10.1 Å². The SMILES string of the molecule is N#CC1=CC=CNC1S(=O)(=O)O. The fourth-order valence-electron chi connectivity index (χ4n) is 0.814. The summed E-state index contributed by atoms with van der Waals surface area (Å²) in [4.78, 5) is 0. The van der Waals surface area contributed by atoms with Crippen molar-refractivity contribution in [1.82, 2.24) is 5.32 Å². The Morgan fingerprint density at radius 1 is 1.67 bits per heavy atom. The van der Waals surface area contributed by atoms with Gasteiger partial charge < -0.3 is 5.32 Å². The summed E-state index contributed by atoms with van der Waals surface area (Å²) in [5.41, 5.74) is -0.0278. The van der Waals surface area contributed by atoms with Crippen LogP contribution in [0.3, 0.4) is 0 Å². The van der Waals surface area contributed by atoms with Crippen LogP contribution < -0.4 is 5.32 Å². The van der Waals surface area contributed by atoms with E-state index in [-0.39, 0.29) is 5.57 Å². The van der Waals surface area contributed by atoms with Crippen LogP contribution in [-0.2, 0) is 10.1 Å². The Kier molecular flexibility index (Phi) is 2.17. The van der Waals surface area contributed by atoms with Crippen LogP contribution in [0.25, 0.3) is 0 Å². The lowest BCUT2D eigenvalue weighted by atomic mass is 10.2. The number of hydrogen-bond donors (Lipinski definition) is 2. The van der Waals surface area contributed by atoms with Gasteiger partial charge in [-0.2, -0.15) is 13.7 Å². The quantitative estimate of drug-likeness (QED) is 0.552. The van der Waals surface area contributed by atoms with Crippen molar-refractivity contribution in [3.8, 4) is 6.07 Å². The molecule has 0 aromatic heterocycles. The van der Waals surface area contributed by atoms with Gasteiger partial charge in [-0.3, -0.25) is 4.55 Å². The van der Waals surface area contributed by atoms with E-state index in [2.05, 4.69) is 5.32 Å². The maximum atomic E-state index is 10.6. The van der Waals surface area contributed by atoms with E-state index in [0.717, 1.165) is 0 Å². The zero-order chi connectivity index (χ0) is 9.19. The van der Waals surface area contributed by atoms with Crippen LogP contribution in [0.5, 0.6) is 0 Å². The van der Waals surface area contributed by atoms with Crippen LogP contribution in [0.15, 0.2) is 23.9 Å². The van der Waals surface area contributed by atoms with Crippen molar-refractivity contribution in [2.24, 2.45) is 0 Å². The smallest absolute Gasteiger partial charge is 0.291 e. The van der Waals surface area contributed by atoms with Crippen molar-refractivity contribution in [2.45, 2.75) is 5.37 Å². The highest BCUT2D eigenvalue weighted by Crippen LogP contribution is 2.10. The molecule has 1 rings (SSSR count). The Labute approximate surface area is 69.8 Å². The molecule has 64 valence electrons. The highest BCUT2D eigenvalue weighted by Gasteiger charge is 2.26. The van der Waals surface area contributed by atoms with E-state index in [9.17, 15) is 8.42 Å². The van der Waals surface area contributed by atoms with Gasteiger partial charge in [0.25, 0.3) is 10.1 Å². The number of dihydropyridines is 1. The van der Waals surface area contributed by atoms with Gasteiger partial charge in [-0.25, -0.2) is 0 Å². The molecule has 2 N–H and O–H groups in total. The predicted octanol–water partition coefficient (Wildman–Crippen LogP) is -0.233. The third-order valence-electron chi connectivity index (χ3n) is 1.33. The molecule has 0 spiro atoms. The second-order valence-electron chi connectivity index (χ2n) is 2.15. The maximum Gasteiger partial charge on any atom is 0.291 e. The highest BCUT2D eigenvalue weighted by molar-refractivity contribution is 7.86. The standard InChI is InChI=1S/C6H6N2O3S/c7-4-5-2-1-3-8-6(5)12(9,10)11/h1-3,6,8H,(H,9,10,11). The Bertz CT molecular complexity index is 374. The van der Waals surface area contributed by atoms with Gasteiger partial charge in [-0.1, -0.05) is 0 Å². The molecular formula is C6H6N2O3S. The molecule has 0 saturated carbocycles. The molecule has 5 nitrogen and oxygen atoms in total. The summed E-state index contributed by atoms with van der Waals surface area (Å²) in [6.07, 6.45) is 4.16. The monoisotopic (exact) mass is 186 g/mol. The van der Waals surface area contributed by atoms with Gasteiger partial charge in [0.05, 0.1) is 11.6 Å². The number of allylic oxidation sites excluding steroid dienone is 2. The summed E-state index contributed by atoms with van der Waals surface area (Å²) in [6.45, 7) is 0. The Hall–Kier alpha value is -1.32. The van der Waals surface area contributed by atoms with E-state index in [0.29, 0.717) is 0 Å². The third-order valence-corrected chi connectivity index (χ3v) is 2.31. The molecule has 1 aliphatic heterocycles. The fourth-order valence-corrected chi connectivity index (χ4v) is 1.52. The van der Waals surface area contributed by atoms with E-state index in [1.807, 2.05) is 0 Å². The number of hydrogen-bond acceptors (Lipinski definition) is 4. The normalized spacial score (nSPS) is 22.3. The Balaban J connectivity index is 3.05. The number of nitriles is 1. The summed E-state index contributed by atoms with van der Waals surface area (Å²) >= 11 is 0. The minimum atomic E-state index is -4.24. The van der Waals surface area contributed by atoms with E-state index in [1.54, 1.807) is 6.07 Å². The molecule has 12 heavy (non-hydrogen) atoms. The summed E-state index contributed by atoms with van der Waals surface area (Å²) in [6, 6.07) is 1.67. The van der Waals surface area contributed by atoms with Gasteiger partial charge >= 0.3 is 0 Å². The van der Waals surface area contributed by atoms with E-state index in [4.69, 9.17) is 9.81 Å². The van der Waals surface area contributed by atoms with E-state index in [1.165, 1.54) is 18.4 Å². The highest BCUT2D eigenvalue weighted by atomic mass is 32.2. The first-order valence-electron chi connectivity index (χ1n) is 3.05. The molecule has 0 saturated heterocycles. The van der Waals surface area contributed by atoms with Gasteiger partial charge in [0.2, 0.25) is 0 Å². The fraction of sp³-hybridized carbons (Fsp3) is 0.167. The summed E-state index contributed by atoms with van der Waals surface area (Å²) < 4.78 is 29.9. The molecule has 0 bridgehead atoms. The third kappa shape index (κ3) is 1.64. The number of rotatable bonds is 1. The molecule has 0 aromatic carbocycles. The first-order chi connectivity index (χ1) is 5.55. The van der Waals surface area contributed by atoms with Gasteiger partial charge in [-0.05, 0) is 18.4 Å². The molecule has 1 aliphatic rings. The molecule has 6 heteroatoms. The average Bonchev–Trinajstić information content (AvgIpc) is 2.03. The lowest BCUT2D eigenvalue weighted by Crippen LogP contribution is -2.35. The Morgan fingerprint density at radius 3 is 2.75 bits per heavy atom. The molecule has 0 aliphatic carbocycles. The molecule has 0 radical (unpaired) electrons. The minimum Gasteiger partial charge on any atom is -0.369 e. The molecule has 0 aromatic rings. The first kappa shape index (κ1) is 8.77. The number of nitrogens with zero attached hydrogens (tertiary/aromatic N) is 1. The number of nitrogens with one attached hydrogen (secondary N) is 1. The topological polar surface area (TPSA) is 90.2 Å². The molecule has 1 heterocycles. The second-order valence-corrected chi connectivity index (χ2v) is 3.66. The van der Waals surface area contributed by atoms with Crippen LogP contribution >= 0.6 is 0 Å². The molecule has 0 amide bonds. The van der Waals surface area contributed by atoms with Crippen molar-refractivity contribution in [3.05, 3.63) is 23.9 Å². The van der Waals surface area contributed by atoms with Crippen molar-refractivity contribution in [3.63, 3.8) is 0 Å². The van der Waals surface area contributed by atoms with Crippen LogP contribution in [0.1, 0.15) is 0 Å². The van der Waals surface area contributed by atoms with Gasteiger partial charge in [0, 0.05) is 0 Å². The summed E-state index contributed by atoms with van der Waals surface area (Å²) in [7, 11) is -4.24. The van der Waals surface area contributed by atoms with Gasteiger partial charge in [0.15, 0.2) is 5.37 Å². The van der Waals surface area contributed by atoms with Crippen LogP contribution in [0.2, 0.25) is 0 Å². The Morgan fingerprint density at radius 2 is 2.33 bits per heavy atom. The van der Waals surface area contributed by atoms with Crippen LogP contribution in [0.4, 0.5) is 0 Å². The predicted molar refractivity (Wildman–Crippen MR) is 41.3 cm³/mol. The summed E-state index contributed by atoms with van der Waals surface area (Å²) in [5, 5.41) is 9.48. The van der Waals surface area contributed by atoms with Crippen molar-refractivity contribution in [1.29, 1.82) is 5.26 Å². The van der Waals surface area contributed by atoms with Crippen LogP contribution in [-0.4, -0.2) is 18.3 Å². The molecular weight excluding hydrogens is 180 g/mol. The molecule has 1 atom stereocenters.